The zero-order chi connectivity index (χ0) is 13.7. The molecule has 4 heteroatoms. The standard InChI is InChI=1S/C15H27NO3/c1-2-19-14-8-13(9-14)10-15(18)16-6-3-4-12(11-16)5-7-17/h12-14,17H,2-11H2,1H3. The maximum atomic E-state index is 12.2. The molecule has 0 radical (unpaired) electrons. The monoisotopic (exact) mass is 269 g/mol. The summed E-state index contributed by atoms with van der Waals surface area (Å²) in [5, 5.41) is 9.00. The molecule has 1 atom stereocenters. The van der Waals surface area contributed by atoms with Crippen molar-refractivity contribution in [2.24, 2.45) is 11.8 Å². The number of carbonyl (C=O) groups is 1. The van der Waals surface area contributed by atoms with Crippen LogP contribution in [0.5, 0.6) is 0 Å². The molecule has 1 amide bonds. The lowest BCUT2D eigenvalue weighted by Gasteiger charge is -2.37. The first-order chi connectivity index (χ1) is 9.22. The van der Waals surface area contributed by atoms with Gasteiger partial charge in [0.25, 0.3) is 0 Å². The number of piperidine rings is 1. The second-order valence-electron chi connectivity index (χ2n) is 5.98. The van der Waals surface area contributed by atoms with E-state index in [1.54, 1.807) is 0 Å². The Bertz CT molecular complexity index is 287. The zero-order valence-electron chi connectivity index (χ0n) is 12.0. The van der Waals surface area contributed by atoms with Crippen molar-refractivity contribution >= 4 is 5.91 Å². The Kier molecular flexibility index (Phi) is 5.64. The van der Waals surface area contributed by atoms with Crippen molar-refractivity contribution < 1.29 is 14.6 Å². The van der Waals surface area contributed by atoms with E-state index in [1.807, 2.05) is 11.8 Å². The maximum absolute atomic E-state index is 12.2. The molecule has 1 heterocycles. The number of amides is 1. The minimum atomic E-state index is 0.241. The van der Waals surface area contributed by atoms with Gasteiger partial charge in [0, 0.05) is 32.7 Å². The summed E-state index contributed by atoms with van der Waals surface area (Å²) in [7, 11) is 0. The second-order valence-corrected chi connectivity index (χ2v) is 5.98. The second kappa shape index (κ2) is 7.25. The number of hydrogen-bond donors (Lipinski definition) is 1. The molecule has 0 spiro atoms. The number of hydrogen-bond acceptors (Lipinski definition) is 3. The predicted octanol–water partition coefficient (Wildman–Crippen LogP) is 1.81. The molecule has 2 aliphatic rings. The van der Waals surface area contributed by atoms with Crippen LogP contribution in [-0.4, -0.2) is 48.3 Å². The Morgan fingerprint density at radius 1 is 1.37 bits per heavy atom. The average Bonchev–Trinajstić information content (AvgIpc) is 2.37. The van der Waals surface area contributed by atoms with E-state index in [9.17, 15) is 4.79 Å². The Labute approximate surface area is 116 Å². The summed E-state index contributed by atoms with van der Waals surface area (Å²) in [5.41, 5.74) is 0. The molecule has 0 aromatic carbocycles. The van der Waals surface area contributed by atoms with Crippen LogP contribution in [0.25, 0.3) is 0 Å². The van der Waals surface area contributed by atoms with Gasteiger partial charge in [0.05, 0.1) is 6.10 Å². The van der Waals surface area contributed by atoms with Crippen molar-refractivity contribution in [3.05, 3.63) is 0 Å². The molecule has 2 fully saturated rings. The van der Waals surface area contributed by atoms with Gasteiger partial charge in [0.15, 0.2) is 0 Å². The third-order valence-electron chi connectivity index (χ3n) is 4.47. The summed E-state index contributed by atoms with van der Waals surface area (Å²) in [6, 6.07) is 0. The number of carbonyl (C=O) groups excluding carboxylic acids is 1. The normalized spacial score (nSPS) is 31.1. The third kappa shape index (κ3) is 4.18. The van der Waals surface area contributed by atoms with Gasteiger partial charge >= 0.3 is 0 Å². The van der Waals surface area contributed by atoms with E-state index in [1.165, 1.54) is 0 Å². The Morgan fingerprint density at radius 3 is 2.84 bits per heavy atom. The lowest BCUT2D eigenvalue weighted by molar-refractivity contribution is -0.136. The predicted molar refractivity (Wildman–Crippen MR) is 73.8 cm³/mol. The summed E-state index contributed by atoms with van der Waals surface area (Å²) in [5.74, 6) is 1.34. The van der Waals surface area contributed by atoms with Gasteiger partial charge in [-0.1, -0.05) is 0 Å². The number of rotatable bonds is 6. The zero-order valence-corrected chi connectivity index (χ0v) is 12.0. The average molecular weight is 269 g/mol. The fraction of sp³-hybridized carbons (Fsp3) is 0.933. The van der Waals surface area contributed by atoms with E-state index in [0.717, 1.165) is 51.8 Å². The summed E-state index contributed by atoms with van der Waals surface area (Å²) >= 11 is 0. The summed E-state index contributed by atoms with van der Waals surface area (Å²) in [4.78, 5) is 14.2. The molecular weight excluding hydrogens is 242 g/mol. The van der Waals surface area contributed by atoms with Crippen LogP contribution in [0.15, 0.2) is 0 Å². The molecule has 1 aliphatic heterocycles. The van der Waals surface area contributed by atoms with Crippen molar-refractivity contribution in [2.45, 2.75) is 51.6 Å². The van der Waals surface area contributed by atoms with E-state index in [4.69, 9.17) is 9.84 Å². The SMILES string of the molecule is CCOC1CC(CC(=O)N2CCCC(CCO)C2)C1. The van der Waals surface area contributed by atoms with Crippen LogP contribution in [-0.2, 0) is 9.53 Å². The van der Waals surface area contributed by atoms with Crippen LogP contribution < -0.4 is 0 Å². The van der Waals surface area contributed by atoms with Gasteiger partial charge in [-0.05, 0) is 50.9 Å². The number of aliphatic hydroxyl groups is 1. The van der Waals surface area contributed by atoms with Crippen LogP contribution in [0.1, 0.15) is 45.4 Å². The van der Waals surface area contributed by atoms with Crippen molar-refractivity contribution in [1.29, 1.82) is 0 Å². The Morgan fingerprint density at radius 2 is 2.16 bits per heavy atom. The Hall–Kier alpha value is -0.610. The van der Waals surface area contributed by atoms with Crippen LogP contribution in [0.4, 0.5) is 0 Å². The van der Waals surface area contributed by atoms with Crippen molar-refractivity contribution in [2.75, 3.05) is 26.3 Å². The highest BCUT2D eigenvalue weighted by molar-refractivity contribution is 5.76. The molecule has 1 saturated heterocycles. The first-order valence-corrected chi connectivity index (χ1v) is 7.73. The largest absolute Gasteiger partial charge is 0.396 e. The summed E-state index contributed by atoms with van der Waals surface area (Å²) in [6.07, 6.45) is 6.25. The Balaban J connectivity index is 1.68. The molecule has 0 bridgehead atoms. The lowest BCUT2D eigenvalue weighted by atomic mass is 9.79. The van der Waals surface area contributed by atoms with Gasteiger partial charge in [-0.2, -0.15) is 0 Å². The summed E-state index contributed by atoms with van der Waals surface area (Å²) in [6.45, 7) is 4.79. The molecule has 1 aliphatic carbocycles. The van der Waals surface area contributed by atoms with Gasteiger partial charge < -0.3 is 14.7 Å². The molecule has 2 rings (SSSR count). The van der Waals surface area contributed by atoms with Gasteiger partial charge in [0.2, 0.25) is 5.91 Å². The number of likely N-dealkylation sites (tertiary alicyclic amines) is 1. The fourth-order valence-electron chi connectivity index (χ4n) is 3.30. The number of nitrogens with zero attached hydrogens (tertiary/aromatic N) is 1. The van der Waals surface area contributed by atoms with E-state index in [2.05, 4.69) is 0 Å². The van der Waals surface area contributed by atoms with Crippen LogP contribution >= 0.6 is 0 Å². The highest BCUT2D eigenvalue weighted by Crippen LogP contribution is 2.33. The topological polar surface area (TPSA) is 49.8 Å². The highest BCUT2D eigenvalue weighted by Gasteiger charge is 2.33. The number of ether oxygens (including phenoxy) is 1. The molecule has 1 unspecified atom stereocenters. The molecule has 4 nitrogen and oxygen atoms in total. The van der Waals surface area contributed by atoms with Crippen molar-refractivity contribution in [1.82, 2.24) is 4.90 Å². The highest BCUT2D eigenvalue weighted by atomic mass is 16.5. The van der Waals surface area contributed by atoms with Gasteiger partial charge in [-0.15, -0.1) is 0 Å². The molecular formula is C15H27NO3. The van der Waals surface area contributed by atoms with E-state index < -0.39 is 0 Å². The van der Waals surface area contributed by atoms with Gasteiger partial charge in [0.1, 0.15) is 0 Å². The molecule has 19 heavy (non-hydrogen) atoms. The summed E-state index contributed by atoms with van der Waals surface area (Å²) < 4.78 is 5.53. The smallest absolute Gasteiger partial charge is 0.222 e. The first-order valence-electron chi connectivity index (χ1n) is 7.73. The van der Waals surface area contributed by atoms with Crippen LogP contribution in [0.3, 0.4) is 0 Å². The maximum Gasteiger partial charge on any atom is 0.222 e. The molecule has 110 valence electrons. The molecule has 1 saturated carbocycles. The minimum absolute atomic E-state index is 0.241. The van der Waals surface area contributed by atoms with E-state index in [-0.39, 0.29) is 6.61 Å². The lowest BCUT2D eigenvalue weighted by Crippen LogP contribution is -2.42. The van der Waals surface area contributed by atoms with Crippen LogP contribution in [0.2, 0.25) is 0 Å². The molecule has 0 aromatic heterocycles. The van der Waals surface area contributed by atoms with Gasteiger partial charge in [-0.25, -0.2) is 0 Å². The molecule has 1 N–H and O–H groups in total. The molecule has 0 aromatic rings. The fourth-order valence-corrected chi connectivity index (χ4v) is 3.30. The first kappa shape index (κ1) is 14.8. The quantitative estimate of drug-likeness (QED) is 0.800. The third-order valence-corrected chi connectivity index (χ3v) is 4.47. The van der Waals surface area contributed by atoms with Crippen molar-refractivity contribution in [3.63, 3.8) is 0 Å². The van der Waals surface area contributed by atoms with Gasteiger partial charge in [-0.3, -0.25) is 4.79 Å². The van der Waals surface area contributed by atoms with E-state index in [0.29, 0.717) is 30.3 Å². The minimum Gasteiger partial charge on any atom is -0.396 e. The van der Waals surface area contributed by atoms with E-state index >= 15 is 0 Å². The van der Waals surface area contributed by atoms with Crippen molar-refractivity contribution in [3.8, 4) is 0 Å². The van der Waals surface area contributed by atoms with Crippen LogP contribution in [0, 0.1) is 11.8 Å². The number of aliphatic hydroxyl groups excluding tert-OH is 1.